The Morgan fingerprint density at radius 2 is 0.850 bits per heavy atom. The van der Waals surface area contributed by atoms with Gasteiger partial charge in [-0.15, -0.1) is 0 Å². The van der Waals surface area contributed by atoms with Gasteiger partial charge in [0.1, 0.15) is 146 Å². The van der Waals surface area contributed by atoms with Gasteiger partial charge >= 0.3 is 0 Å². The highest BCUT2D eigenvalue weighted by Gasteiger charge is 2.71. The molecule has 34 heteroatoms. The van der Waals surface area contributed by atoms with Crippen molar-refractivity contribution < 1.29 is 169 Å². The molecule has 100 heavy (non-hydrogen) atoms. The van der Waals surface area contributed by atoms with Gasteiger partial charge in [0.15, 0.2) is 37.7 Å². The minimum atomic E-state index is -2.04. The summed E-state index contributed by atoms with van der Waals surface area (Å²) in [6.45, 7) is 11.5. The Kier molecular flexibility index (Phi) is 25.5. The molecule has 0 unspecified atom stereocenters. The van der Waals surface area contributed by atoms with Gasteiger partial charge in [-0.25, -0.2) is 0 Å². The van der Waals surface area contributed by atoms with Crippen molar-refractivity contribution in [1.82, 2.24) is 0 Å². The maximum atomic E-state index is 12.9. The molecular formula is C66H112O34. The van der Waals surface area contributed by atoms with E-state index in [0.29, 0.717) is 32.1 Å². The van der Waals surface area contributed by atoms with Crippen LogP contribution in [0, 0.1) is 45.3 Å². The molecule has 10 aliphatic rings. The van der Waals surface area contributed by atoms with Crippen LogP contribution < -0.4 is 0 Å². The molecule has 0 radical (unpaired) electrons. The Balaban J connectivity index is 0.815. The van der Waals surface area contributed by atoms with Gasteiger partial charge in [0.05, 0.1) is 63.6 Å². The van der Waals surface area contributed by atoms with Crippen molar-refractivity contribution in [3.05, 3.63) is 11.6 Å². The van der Waals surface area contributed by atoms with Crippen molar-refractivity contribution >= 4 is 0 Å². The lowest BCUT2D eigenvalue weighted by molar-refractivity contribution is -0.380. The monoisotopic (exact) mass is 1450 g/mol. The van der Waals surface area contributed by atoms with Gasteiger partial charge in [-0.1, -0.05) is 53.2 Å². The molecule has 34 nitrogen and oxygen atoms in total. The molecule has 6 saturated heterocycles. The van der Waals surface area contributed by atoms with Gasteiger partial charge in [-0.2, -0.15) is 0 Å². The van der Waals surface area contributed by atoms with Crippen LogP contribution in [0.1, 0.15) is 107 Å². The first kappa shape index (κ1) is 80.9. The number of hydrogen-bond acceptors (Lipinski definition) is 34. The van der Waals surface area contributed by atoms with Crippen LogP contribution in [0.3, 0.4) is 0 Å². The summed E-state index contributed by atoms with van der Waals surface area (Å²) in [4.78, 5) is 0. The first-order valence-corrected chi connectivity index (χ1v) is 35.1. The molecule has 6 heterocycles. The molecule has 10 rings (SSSR count). The zero-order valence-electron chi connectivity index (χ0n) is 57.6. The molecule has 0 amide bonds. The molecule has 6 aliphatic heterocycles. The number of allylic oxidation sites excluding steroid dienone is 1. The van der Waals surface area contributed by atoms with E-state index in [1.807, 2.05) is 13.8 Å². The van der Waals surface area contributed by atoms with E-state index >= 15 is 0 Å². The third kappa shape index (κ3) is 14.9. The normalized spacial score (nSPS) is 52.1. The quantitative estimate of drug-likeness (QED) is 0.0423. The first-order valence-electron chi connectivity index (χ1n) is 35.1. The minimum Gasteiger partial charge on any atom is -0.394 e. The van der Waals surface area contributed by atoms with Crippen LogP contribution in [0.5, 0.6) is 0 Å². The molecule has 22 N–H and O–H groups in total. The van der Waals surface area contributed by atoms with E-state index in [1.54, 1.807) is 0 Å². The molecule has 4 aliphatic carbocycles. The molecule has 40 atom stereocenters. The van der Waals surface area contributed by atoms with Crippen molar-refractivity contribution in [3.63, 3.8) is 0 Å². The van der Waals surface area contributed by atoms with Crippen molar-refractivity contribution in [2.24, 2.45) is 45.3 Å². The smallest absolute Gasteiger partial charge is 0.187 e. The van der Waals surface area contributed by atoms with Crippen molar-refractivity contribution in [3.8, 4) is 0 Å². The molecular weight excluding hydrogens is 1340 g/mol. The van der Waals surface area contributed by atoms with Crippen LogP contribution in [0.2, 0.25) is 0 Å². The second-order valence-electron chi connectivity index (χ2n) is 31.6. The fraction of sp³-hybridized carbons (Fsp3) is 0.970. The Hall–Kier alpha value is -1.62. The molecule has 0 aromatic heterocycles. The van der Waals surface area contributed by atoms with Gasteiger partial charge in [0.2, 0.25) is 0 Å². The van der Waals surface area contributed by atoms with Gasteiger partial charge < -0.3 is 169 Å². The second-order valence-corrected chi connectivity index (χ2v) is 31.6. The number of aliphatic hydroxyl groups excluding tert-OH is 21. The van der Waals surface area contributed by atoms with E-state index in [9.17, 15) is 112 Å². The maximum Gasteiger partial charge on any atom is 0.187 e. The lowest BCUT2D eigenvalue weighted by Crippen LogP contribution is -2.65. The lowest BCUT2D eigenvalue weighted by Gasteiger charge is -2.67. The van der Waals surface area contributed by atoms with Gasteiger partial charge in [-0.3, -0.25) is 0 Å². The molecule has 0 spiro atoms. The summed E-state index contributed by atoms with van der Waals surface area (Å²) in [5, 5.41) is 239. The average molecular weight is 1450 g/mol. The fourth-order valence-corrected chi connectivity index (χ4v) is 18.4. The molecule has 0 aromatic rings. The average Bonchev–Trinajstić information content (AvgIpc) is 1.32. The number of fused-ring (bicyclic) bond motifs is 5. The van der Waals surface area contributed by atoms with Crippen LogP contribution in [-0.2, 0) is 56.8 Å². The van der Waals surface area contributed by atoms with Crippen LogP contribution in [0.15, 0.2) is 11.6 Å². The zero-order chi connectivity index (χ0) is 73.5. The van der Waals surface area contributed by atoms with Gasteiger partial charge in [-0.05, 0) is 99.7 Å². The van der Waals surface area contributed by atoms with Crippen LogP contribution in [-0.4, -0.2) is 360 Å². The van der Waals surface area contributed by atoms with Crippen LogP contribution in [0.4, 0.5) is 0 Å². The minimum absolute atomic E-state index is 0.00195. The Labute approximate surface area is 579 Å². The predicted octanol–water partition coefficient (Wildman–Crippen LogP) is -7.58. The Bertz CT molecular complexity index is 2670. The largest absolute Gasteiger partial charge is 0.394 e. The van der Waals surface area contributed by atoms with E-state index < -0.39 is 264 Å². The maximum absolute atomic E-state index is 12.9. The Morgan fingerprint density at radius 1 is 0.460 bits per heavy atom. The summed E-state index contributed by atoms with van der Waals surface area (Å²) >= 11 is 0. The lowest BCUT2D eigenvalue weighted by atomic mass is 9.38. The molecule has 9 fully saturated rings. The standard InChI is InChI=1S/C66H112O34/c1-24(25-15-16-64(6)34-12-10-26-27(66(34,8)35(70)17-65(25,64)7)11-14-36(62(26,2)3)98-59-53(86)48(81)42(75)32(96-59)22-90-57-51(84)45(78)39(72)29(19-68)93-57)9-13-37(63(4,5)88)99-61-55(100-60-54(87)46(79)40(73)30(20-69)94-60)49(82)43(76)33(97-61)23-91-58-52(85)47(80)41(74)31(95-58)21-89-56-50(83)44(77)38(71)28(18-67)92-56/h10,24-25,27-61,67-88H,9,11-23H2,1-8H3/t24-,25-,27-,28-,29-,30-,31-,32-,33-,34+,35-,36+,37-,38-,39-,40-,41-,42-,43-,44+,45+,46+,47+,48+,49+,50-,51-,52-,53-,54-,55-,56-,57-,58-,59+,60+,61+,64+,65-,66+/m1/s1. The molecule has 580 valence electrons. The SMILES string of the molecule is C[C@H](CC[C@@H](O[C@@H]1O[C@H](CO[C@@H]2O[C@H](CO[C@@H]3O[C@H](CO)[C@@H](O)[C@H](O)[C@H]3O)[C@@H](O)[C@H](O)[C@H]2O)[C@@H](O)[C@H](O)[C@H]1O[C@@H]1O[C@H](CO)[C@@H](O)[C@H](O)[C@H]1O)C(C)(C)O)[C@H]1CC[C@@]2(C)[C@@H]3CC=C4[C@@H](CC[C@H](O[C@@H]5O[C@H](CO[C@@H]6O[C@H](CO)[C@@H](O)[C@H](O)[C@H]6O)[C@@H](O)[C@H](O)[C@H]5O)C4(C)C)[C@]3(C)[C@H](O)C[C@]12C. The summed E-state index contributed by atoms with van der Waals surface area (Å²) < 4.78 is 70.9. The first-order chi connectivity index (χ1) is 46.8. The van der Waals surface area contributed by atoms with E-state index in [2.05, 4.69) is 33.8 Å². The number of ether oxygens (including phenoxy) is 12. The van der Waals surface area contributed by atoms with Crippen molar-refractivity contribution in [2.45, 2.75) is 315 Å². The number of hydrogen-bond donors (Lipinski definition) is 22. The van der Waals surface area contributed by atoms with Gasteiger partial charge in [0.25, 0.3) is 0 Å². The third-order valence-corrected chi connectivity index (χ3v) is 25.0. The topological polar surface area (TPSA) is 556 Å². The summed E-state index contributed by atoms with van der Waals surface area (Å²) in [7, 11) is 0. The number of rotatable bonds is 23. The highest BCUT2D eigenvalue weighted by Crippen LogP contribution is 2.75. The fourth-order valence-electron chi connectivity index (χ4n) is 18.4. The highest BCUT2D eigenvalue weighted by atomic mass is 16.8. The molecule has 0 aromatic carbocycles. The van der Waals surface area contributed by atoms with E-state index in [4.69, 9.17) is 56.8 Å². The number of aliphatic hydroxyl groups is 22. The van der Waals surface area contributed by atoms with E-state index in [0.717, 1.165) is 18.4 Å². The second kappa shape index (κ2) is 31.5. The predicted molar refractivity (Wildman–Crippen MR) is 333 cm³/mol. The van der Waals surface area contributed by atoms with Crippen molar-refractivity contribution in [1.29, 1.82) is 0 Å². The molecule has 0 bridgehead atoms. The summed E-state index contributed by atoms with van der Waals surface area (Å²) in [6, 6.07) is 0. The molecule has 3 saturated carbocycles. The summed E-state index contributed by atoms with van der Waals surface area (Å²) in [5.74, 6) is -0.169. The Morgan fingerprint density at radius 3 is 1.30 bits per heavy atom. The van der Waals surface area contributed by atoms with E-state index in [1.165, 1.54) is 13.8 Å². The summed E-state index contributed by atoms with van der Waals surface area (Å²) in [6.07, 6.45) is -47.9. The van der Waals surface area contributed by atoms with Crippen LogP contribution >= 0.6 is 0 Å². The van der Waals surface area contributed by atoms with E-state index in [-0.39, 0.29) is 35.5 Å². The van der Waals surface area contributed by atoms with Crippen molar-refractivity contribution in [2.75, 3.05) is 39.6 Å². The highest BCUT2D eigenvalue weighted by molar-refractivity contribution is 5.32. The summed E-state index contributed by atoms with van der Waals surface area (Å²) in [5.41, 5.74) is -2.71. The zero-order valence-corrected chi connectivity index (χ0v) is 57.6. The van der Waals surface area contributed by atoms with Crippen LogP contribution in [0.25, 0.3) is 0 Å². The third-order valence-electron chi connectivity index (χ3n) is 25.0. The van der Waals surface area contributed by atoms with Gasteiger partial charge in [0, 0.05) is 10.8 Å².